The highest BCUT2D eigenvalue weighted by molar-refractivity contribution is 5.68. The molecule has 8 heteroatoms. The summed E-state index contributed by atoms with van der Waals surface area (Å²) in [5.74, 6) is 0.696. The normalized spacial score (nSPS) is 18.7. The van der Waals surface area contributed by atoms with Crippen molar-refractivity contribution in [3.63, 3.8) is 0 Å². The molecule has 29 heavy (non-hydrogen) atoms. The molecule has 1 saturated carbocycles. The lowest BCUT2D eigenvalue weighted by Gasteiger charge is -2.22. The molecule has 152 valence electrons. The Morgan fingerprint density at radius 3 is 2.69 bits per heavy atom. The number of amides is 1. The minimum absolute atomic E-state index is 0.0638. The van der Waals surface area contributed by atoms with E-state index in [4.69, 9.17) is 10.00 Å². The van der Waals surface area contributed by atoms with Gasteiger partial charge in [-0.25, -0.2) is 9.78 Å². The SMILES string of the molecule is CC(C)(C)OC(=O)N[C@H]1CC[C@H](Nc2ccc(-n3cccc(C#N)c3=O)cn2)C1. The summed E-state index contributed by atoms with van der Waals surface area (Å²) in [6.07, 6.45) is 5.37. The third-order valence-corrected chi connectivity index (χ3v) is 4.60. The smallest absolute Gasteiger partial charge is 0.407 e. The van der Waals surface area contributed by atoms with Crippen molar-refractivity contribution in [2.45, 2.75) is 57.7 Å². The minimum atomic E-state index is -0.513. The molecule has 0 spiro atoms. The summed E-state index contributed by atoms with van der Waals surface area (Å²) in [6, 6.07) is 8.87. The molecule has 0 aromatic carbocycles. The molecule has 0 unspecified atom stereocenters. The highest BCUT2D eigenvalue weighted by atomic mass is 16.6. The van der Waals surface area contributed by atoms with Crippen LogP contribution in [0.3, 0.4) is 0 Å². The molecule has 3 rings (SSSR count). The van der Waals surface area contributed by atoms with Crippen LogP contribution in [0.4, 0.5) is 10.6 Å². The van der Waals surface area contributed by atoms with Crippen LogP contribution >= 0.6 is 0 Å². The van der Waals surface area contributed by atoms with Crippen LogP contribution in [0, 0.1) is 11.3 Å². The van der Waals surface area contributed by atoms with Crippen molar-refractivity contribution < 1.29 is 9.53 Å². The fourth-order valence-electron chi connectivity index (χ4n) is 3.32. The van der Waals surface area contributed by atoms with Crippen molar-refractivity contribution in [3.05, 3.63) is 52.6 Å². The molecule has 0 radical (unpaired) electrons. The van der Waals surface area contributed by atoms with Crippen molar-refractivity contribution in [2.24, 2.45) is 0 Å². The number of ether oxygens (including phenoxy) is 1. The molecule has 2 heterocycles. The van der Waals surface area contributed by atoms with Crippen LogP contribution < -0.4 is 16.2 Å². The number of nitriles is 1. The molecule has 0 bridgehead atoms. The quantitative estimate of drug-likeness (QED) is 0.824. The van der Waals surface area contributed by atoms with Crippen molar-refractivity contribution in [3.8, 4) is 11.8 Å². The van der Waals surface area contributed by atoms with Crippen LogP contribution in [-0.4, -0.2) is 33.3 Å². The van der Waals surface area contributed by atoms with E-state index in [9.17, 15) is 9.59 Å². The van der Waals surface area contributed by atoms with Gasteiger partial charge in [-0.3, -0.25) is 9.36 Å². The Bertz CT molecular complexity index is 970. The van der Waals surface area contributed by atoms with E-state index in [1.54, 1.807) is 30.6 Å². The second-order valence-corrected chi connectivity index (χ2v) is 8.11. The number of anilines is 1. The van der Waals surface area contributed by atoms with Crippen molar-refractivity contribution in [2.75, 3.05) is 5.32 Å². The highest BCUT2D eigenvalue weighted by Gasteiger charge is 2.27. The Kier molecular flexibility index (Phi) is 5.87. The number of rotatable bonds is 4. The first-order valence-electron chi connectivity index (χ1n) is 9.59. The van der Waals surface area contributed by atoms with E-state index in [1.165, 1.54) is 10.6 Å². The zero-order valence-electron chi connectivity index (χ0n) is 16.8. The average Bonchev–Trinajstić information content (AvgIpc) is 3.08. The zero-order chi connectivity index (χ0) is 21.0. The molecule has 2 N–H and O–H groups in total. The largest absolute Gasteiger partial charge is 0.444 e. The predicted molar refractivity (Wildman–Crippen MR) is 109 cm³/mol. The Morgan fingerprint density at radius 1 is 1.28 bits per heavy atom. The summed E-state index contributed by atoms with van der Waals surface area (Å²) < 4.78 is 6.70. The third kappa shape index (κ3) is 5.35. The summed E-state index contributed by atoms with van der Waals surface area (Å²) in [5.41, 5.74) is -0.206. The summed E-state index contributed by atoms with van der Waals surface area (Å²) in [5, 5.41) is 15.3. The van der Waals surface area contributed by atoms with Gasteiger partial charge in [0, 0.05) is 18.3 Å². The second kappa shape index (κ2) is 8.35. The average molecular weight is 395 g/mol. The topological polar surface area (TPSA) is 109 Å². The van der Waals surface area contributed by atoms with Gasteiger partial charge in [0.25, 0.3) is 5.56 Å². The molecule has 0 aliphatic heterocycles. The zero-order valence-corrected chi connectivity index (χ0v) is 16.8. The molecule has 8 nitrogen and oxygen atoms in total. The highest BCUT2D eigenvalue weighted by Crippen LogP contribution is 2.23. The number of nitrogens with zero attached hydrogens (tertiary/aromatic N) is 3. The fraction of sp³-hybridized carbons (Fsp3) is 0.429. The van der Waals surface area contributed by atoms with Crippen molar-refractivity contribution >= 4 is 11.9 Å². The van der Waals surface area contributed by atoms with E-state index in [-0.39, 0.29) is 23.2 Å². The van der Waals surface area contributed by atoms with Gasteiger partial charge >= 0.3 is 6.09 Å². The minimum Gasteiger partial charge on any atom is -0.444 e. The van der Waals surface area contributed by atoms with Crippen molar-refractivity contribution in [1.82, 2.24) is 14.9 Å². The summed E-state index contributed by atoms with van der Waals surface area (Å²) in [6.45, 7) is 5.52. The molecular formula is C21H25N5O3. The van der Waals surface area contributed by atoms with Crippen LogP contribution in [-0.2, 0) is 4.74 Å². The first kappa shape index (κ1) is 20.4. The van der Waals surface area contributed by atoms with Crippen LogP contribution in [0.15, 0.2) is 41.5 Å². The maximum absolute atomic E-state index is 12.2. The lowest BCUT2D eigenvalue weighted by molar-refractivity contribution is 0.0505. The number of nitrogens with one attached hydrogen (secondary N) is 2. The van der Waals surface area contributed by atoms with Gasteiger partial charge in [0.1, 0.15) is 23.1 Å². The van der Waals surface area contributed by atoms with E-state index in [1.807, 2.05) is 26.8 Å². The summed E-state index contributed by atoms with van der Waals surface area (Å²) >= 11 is 0. The molecule has 2 aromatic rings. The van der Waals surface area contributed by atoms with Gasteiger partial charge in [-0.05, 0) is 64.3 Å². The Balaban J connectivity index is 1.58. The molecule has 1 amide bonds. The summed E-state index contributed by atoms with van der Waals surface area (Å²) in [7, 11) is 0. The van der Waals surface area contributed by atoms with Crippen molar-refractivity contribution in [1.29, 1.82) is 5.26 Å². The molecule has 2 atom stereocenters. The number of hydrogen-bond donors (Lipinski definition) is 2. The molecular weight excluding hydrogens is 370 g/mol. The van der Waals surface area contributed by atoms with E-state index >= 15 is 0 Å². The van der Waals surface area contributed by atoms with E-state index in [0.29, 0.717) is 11.5 Å². The number of carbonyl (C=O) groups excluding carboxylic acids is 1. The first-order chi connectivity index (χ1) is 13.7. The lowest BCUT2D eigenvalue weighted by atomic mass is 10.2. The number of aromatic nitrogens is 2. The van der Waals surface area contributed by atoms with Gasteiger partial charge in [0.15, 0.2) is 0 Å². The first-order valence-corrected chi connectivity index (χ1v) is 9.59. The molecule has 1 fully saturated rings. The number of alkyl carbamates (subject to hydrolysis) is 1. The second-order valence-electron chi connectivity index (χ2n) is 8.11. The predicted octanol–water partition coefficient (Wildman–Crippen LogP) is 2.96. The van der Waals surface area contributed by atoms with Crippen LogP contribution in [0.25, 0.3) is 5.69 Å². The standard InChI is InChI=1S/C21H25N5O3/c1-21(2,3)29-20(28)25-16-7-6-15(11-16)24-18-9-8-17(13-23-18)26-10-4-5-14(12-22)19(26)27/h4-5,8-10,13,15-16H,6-7,11H2,1-3H3,(H,23,24)(H,25,28)/t15-,16-/m0/s1. The van der Waals surface area contributed by atoms with Gasteiger partial charge in [-0.2, -0.15) is 5.26 Å². The lowest BCUT2D eigenvalue weighted by Crippen LogP contribution is -2.38. The molecule has 0 saturated heterocycles. The van der Waals surface area contributed by atoms with Gasteiger partial charge in [0.05, 0.1) is 11.9 Å². The van der Waals surface area contributed by atoms with Gasteiger partial charge in [-0.15, -0.1) is 0 Å². The number of hydrogen-bond acceptors (Lipinski definition) is 6. The van der Waals surface area contributed by atoms with Gasteiger partial charge in [0.2, 0.25) is 0 Å². The third-order valence-electron chi connectivity index (χ3n) is 4.60. The van der Waals surface area contributed by atoms with E-state index in [2.05, 4.69) is 15.6 Å². The van der Waals surface area contributed by atoms with Gasteiger partial charge < -0.3 is 15.4 Å². The van der Waals surface area contributed by atoms with Gasteiger partial charge in [-0.1, -0.05) is 0 Å². The van der Waals surface area contributed by atoms with Crippen LogP contribution in [0.5, 0.6) is 0 Å². The van der Waals surface area contributed by atoms with E-state index in [0.717, 1.165) is 19.3 Å². The number of pyridine rings is 2. The maximum atomic E-state index is 12.2. The summed E-state index contributed by atoms with van der Waals surface area (Å²) in [4.78, 5) is 28.5. The van der Waals surface area contributed by atoms with E-state index < -0.39 is 11.7 Å². The number of carbonyl (C=O) groups is 1. The maximum Gasteiger partial charge on any atom is 0.407 e. The monoisotopic (exact) mass is 395 g/mol. The Hall–Kier alpha value is -3.34. The van der Waals surface area contributed by atoms with Crippen LogP contribution in [0.2, 0.25) is 0 Å². The Morgan fingerprint density at radius 2 is 2.03 bits per heavy atom. The molecule has 2 aromatic heterocycles. The molecule has 1 aliphatic rings. The fourth-order valence-corrected chi connectivity index (χ4v) is 3.32. The van der Waals surface area contributed by atoms with Crippen LogP contribution in [0.1, 0.15) is 45.6 Å². The Labute approximate surface area is 169 Å². The molecule has 1 aliphatic carbocycles.